The van der Waals surface area contributed by atoms with E-state index in [9.17, 15) is 14.7 Å². The Morgan fingerprint density at radius 3 is 2.50 bits per heavy atom. The maximum Gasteiger partial charge on any atom is 0.323 e. The molecule has 0 aliphatic carbocycles. The average Bonchev–Trinajstić information content (AvgIpc) is 3.30. The first kappa shape index (κ1) is 21.8. The van der Waals surface area contributed by atoms with Crippen LogP contribution in [0.1, 0.15) is 26.8 Å². The zero-order chi connectivity index (χ0) is 21.8. The van der Waals surface area contributed by atoms with Gasteiger partial charge in [-0.25, -0.2) is 4.68 Å². The normalized spacial score (nSPS) is 12.2. The summed E-state index contributed by atoms with van der Waals surface area (Å²) in [5.41, 5.74) is 0.679. The molecule has 0 fully saturated rings. The number of halogens is 1. The number of carbonyl (C=O) groups excluding carboxylic acids is 1. The van der Waals surface area contributed by atoms with Crippen LogP contribution in [0.25, 0.3) is 11.4 Å². The molecule has 0 saturated carbocycles. The van der Waals surface area contributed by atoms with Crippen molar-refractivity contribution in [2.45, 2.75) is 43.8 Å². The minimum absolute atomic E-state index is 0.0962. The molecule has 2 heterocycles. The summed E-state index contributed by atoms with van der Waals surface area (Å²) in [6.45, 7) is 5.32. The number of carbonyl (C=O) groups is 2. The Morgan fingerprint density at radius 1 is 1.17 bits per heavy atom. The number of carboxylic acid groups (broad SMARTS) is 1. The molecular formula is C19H21ClN6O3S. The molecule has 3 rings (SSSR count). The van der Waals surface area contributed by atoms with Gasteiger partial charge in [0, 0.05) is 22.7 Å². The van der Waals surface area contributed by atoms with E-state index in [1.54, 1.807) is 48.1 Å². The Morgan fingerprint density at radius 2 is 1.87 bits per heavy atom. The van der Waals surface area contributed by atoms with Crippen molar-refractivity contribution < 1.29 is 14.7 Å². The highest BCUT2D eigenvalue weighted by atomic mass is 35.5. The Bertz CT molecular complexity index is 1050. The number of aliphatic carboxylic acids is 1. The average molecular weight is 449 g/mol. The first-order valence-electron chi connectivity index (χ1n) is 9.18. The van der Waals surface area contributed by atoms with Crippen LogP contribution in [0.15, 0.2) is 41.7 Å². The number of carboxylic acids is 1. The van der Waals surface area contributed by atoms with E-state index in [-0.39, 0.29) is 18.5 Å². The van der Waals surface area contributed by atoms with Crippen molar-refractivity contribution in [3.63, 3.8) is 0 Å². The summed E-state index contributed by atoms with van der Waals surface area (Å²) in [5.74, 6) is -0.302. The van der Waals surface area contributed by atoms with E-state index in [0.717, 1.165) is 11.8 Å². The van der Waals surface area contributed by atoms with Crippen LogP contribution in [0.2, 0.25) is 5.02 Å². The van der Waals surface area contributed by atoms with Gasteiger partial charge in [0.1, 0.15) is 12.4 Å². The molecule has 158 valence electrons. The third kappa shape index (κ3) is 5.00. The van der Waals surface area contributed by atoms with E-state index < -0.39 is 11.2 Å². The maximum absolute atomic E-state index is 12.7. The number of nitrogens with zero attached hydrogens (tertiary/aromatic N) is 5. The van der Waals surface area contributed by atoms with Crippen molar-refractivity contribution in [3.8, 4) is 11.4 Å². The minimum atomic E-state index is -1.04. The molecule has 9 nitrogen and oxygen atoms in total. The van der Waals surface area contributed by atoms with E-state index in [1.165, 1.54) is 4.57 Å². The summed E-state index contributed by atoms with van der Waals surface area (Å²) >= 11 is 7.06. The Labute approximate surface area is 182 Å². The van der Waals surface area contributed by atoms with Crippen LogP contribution in [0.3, 0.4) is 0 Å². The molecule has 1 amide bonds. The molecule has 0 saturated heterocycles. The van der Waals surface area contributed by atoms with Gasteiger partial charge in [0.2, 0.25) is 5.91 Å². The fourth-order valence-corrected chi connectivity index (χ4v) is 3.70. The lowest BCUT2D eigenvalue weighted by Gasteiger charge is -2.15. The molecule has 0 aliphatic rings. The predicted octanol–water partition coefficient (Wildman–Crippen LogP) is 3.58. The van der Waals surface area contributed by atoms with Crippen LogP contribution >= 0.6 is 23.4 Å². The molecule has 0 radical (unpaired) electrons. The fraction of sp³-hybridized carbons (Fsp3) is 0.316. The van der Waals surface area contributed by atoms with Gasteiger partial charge in [-0.3, -0.25) is 14.2 Å². The second-order valence-corrected chi connectivity index (χ2v) is 8.54. The van der Waals surface area contributed by atoms with E-state index in [4.69, 9.17) is 11.6 Å². The molecule has 0 aliphatic heterocycles. The van der Waals surface area contributed by atoms with Crippen LogP contribution in [0.5, 0.6) is 0 Å². The number of hydrogen-bond acceptors (Lipinski definition) is 6. The zero-order valence-corrected chi connectivity index (χ0v) is 18.2. The largest absolute Gasteiger partial charge is 0.480 e. The van der Waals surface area contributed by atoms with Gasteiger partial charge >= 0.3 is 5.97 Å². The molecule has 0 spiro atoms. The zero-order valence-electron chi connectivity index (χ0n) is 16.6. The molecular weight excluding hydrogens is 428 g/mol. The number of thioether (sulfide) groups is 1. The number of nitrogens with one attached hydrogen (secondary N) is 1. The number of benzene rings is 1. The highest BCUT2D eigenvalue weighted by Crippen LogP contribution is 2.28. The van der Waals surface area contributed by atoms with Gasteiger partial charge in [0.15, 0.2) is 11.0 Å². The third-order valence-corrected chi connectivity index (χ3v) is 5.51. The van der Waals surface area contributed by atoms with E-state index in [0.29, 0.717) is 27.4 Å². The Balaban J connectivity index is 1.81. The van der Waals surface area contributed by atoms with Gasteiger partial charge in [-0.1, -0.05) is 23.4 Å². The first-order valence-corrected chi connectivity index (χ1v) is 10.4. The molecule has 3 aromatic rings. The molecule has 0 bridgehead atoms. The number of rotatable bonds is 8. The molecule has 11 heteroatoms. The lowest BCUT2D eigenvalue weighted by molar-refractivity contribution is -0.137. The van der Waals surface area contributed by atoms with Crippen molar-refractivity contribution in [1.82, 2.24) is 24.5 Å². The van der Waals surface area contributed by atoms with Crippen LogP contribution in [-0.4, -0.2) is 46.8 Å². The third-order valence-electron chi connectivity index (χ3n) is 4.17. The highest BCUT2D eigenvalue weighted by molar-refractivity contribution is 8.00. The van der Waals surface area contributed by atoms with Crippen LogP contribution < -0.4 is 5.32 Å². The van der Waals surface area contributed by atoms with Gasteiger partial charge in [0.25, 0.3) is 0 Å². The van der Waals surface area contributed by atoms with Crippen molar-refractivity contribution in [1.29, 1.82) is 0 Å². The van der Waals surface area contributed by atoms with Crippen molar-refractivity contribution >= 4 is 41.1 Å². The van der Waals surface area contributed by atoms with Crippen LogP contribution in [0.4, 0.5) is 5.82 Å². The second-order valence-electron chi connectivity index (χ2n) is 6.80. The van der Waals surface area contributed by atoms with Crippen LogP contribution in [0, 0.1) is 0 Å². The monoisotopic (exact) mass is 448 g/mol. The lowest BCUT2D eigenvalue weighted by atomic mass is 10.2. The van der Waals surface area contributed by atoms with E-state index >= 15 is 0 Å². The molecule has 1 atom stereocenters. The molecule has 30 heavy (non-hydrogen) atoms. The first-order chi connectivity index (χ1) is 14.3. The van der Waals surface area contributed by atoms with Crippen LogP contribution in [-0.2, 0) is 16.1 Å². The summed E-state index contributed by atoms with van der Waals surface area (Å²) < 4.78 is 3.18. The van der Waals surface area contributed by atoms with E-state index in [2.05, 4.69) is 20.6 Å². The maximum atomic E-state index is 12.7. The van der Waals surface area contributed by atoms with Crippen molar-refractivity contribution in [2.24, 2.45) is 0 Å². The number of hydrogen-bond donors (Lipinski definition) is 2. The quantitative estimate of drug-likeness (QED) is 0.506. The number of aromatic nitrogens is 5. The summed E-state index contributed by atoms with van der Waals surface area (Å²) in [7, 11) is 0. The SMILES string of the molecule is CC(Sc1nnc(-c2ccc(Cl)cc2)n1CC(=O)O)C(=O)Nc1ccnn1C(C)C. The Kier molecular flexibility index (Phi) is 6.78. The summed E-state index contributed by atoms with van der Waals surface area (Å²) in [5, 5.41) is 25.0. The summed E-state index contributed by atoms with van der Waals surface area (Å²) in [4.78, 5) is 24.1. The van der Waals surface area contributed by atoms with Gasteiger partial charge in [-0.15, -0.1) is 10.2 Å². The highest BCUT2D eigenvalue weighted by Gasteiger charge is 2.23. The number of amides is 1. The summed E-state index contributed by atoms with van der Waals surface area (Å²) in [6, 6.07) is 8.68. The minimum Gasteiger partial charge on any atom is -0.480 e. The van der Waals surface area contributed by atoms with Gasteiger partial charge in [0.05, 0.1) is 11.4 Å². The summed E-state index contributed by atoms with van der Waals surface area (Å²) in [6.07, 6.45) is 1.62. The number of anilines is 1. The molecule has 1 aromatic carbocycles. The fourth-order valence-electron chi connectivity index (χ4n) is 2.73. The van der Waals surface area contributed by atoms with Gasteiger partial charge in [-0.2, -0.15) is 5.10 Å². The Hall–Kier alpha value is -2.85. The lowest BCUT2D eigenvalue weighted by Crippen LogP contribution is -2.25. The van der Waals surface area contributed by atoms with Gasteiger partial charge < -0.3 is 10.4 Å². The molecule has 1 unspecified atom stereocenters. The van der Waals surface area contributed by atoms with Crippen molar-refractivity contribution in [2.75, 3.05) is 5.32 Å². The second kappa shape index (κ2) is 9.31. The standard InChI is InChI=1S/C19H21ClN6O3S/c1-11(2)26-15(8-9-21-26)22-18(29)12(3)30-19-24-23-17(25(19)10-16(27)28)13-4-6-14(20)7-5-13/h4-9,11-12H,10H2,1-3H3,(H,22,29)(H,27,28). The predicted molar refractivity (Wildman–Crippen MR) is 115 cm³/mol. The topological polar surface area (TPSA) is 115 Å². The van der Waals surface area contributed by atoms with E-state index in [1.807, 2.05) is 13.8 Å². The van der Waals surface area contributed by atoms with Crippen molar-refractivity contribution in [3.05, 3.63) is 41.6 Å². The van der Waals surface area contributed by atoms with Gasteiger partial charge in [-0.05, 0) is 45.0 Å². The molecule has 2 N–H and O–H groups in total. The molecule has 2 aromatic heterocycles. The smallest absolute Gasteiger partial charge is 0.323 e.